The smallest absolute Gasteiger partial charge is 0.0392 e. The highest BCUT2D eigenvalue weighted by Gasteiger charge is 1.98. The largest absolute Gasteiger partial charge is 0.0591 e. The molecule has 0 unspecified atom stereocenters. The van der Waals surface area contributed by atoms with Gasteiger partial charge in [0.05, 0.1) is 0 Å². The summed E-state index contributed by atoms with van der Waals surface area (Å²) in [6, 6.07) is 23.8. The summed E-state index contributed by atoms with van der Waals surface area (Å²) < 4.78 is 0. The molecule has 4 rings (SSSR count). The van der Waals surface area contributed by atoms with E-state index in [0.29, 0.717) is 0 Å². The van der Waals surface area contributed by atoms with E-state index in [1.165, 1.54) is 72.3 Å². The Morgan fingerprint density at radius 1 is 0.243 bits per heavy atom. The number of rotatable bonds is 0. The first-order chi connectivity index (χ1) is 17.2. The molecule has 4 aromatic rings. The van der Waals surface area contributed by atoms with Gasteiger partial charge in [-0.1, -0.05) is 83.4 Å². The van der Waals surface area contributed by atoms with Gasteiger partial charge in [0.25, 0.3) is 0 Å². The molecule has 0 saturated heterocycles. The van der Waals surface area contributed by atoms with E-state index in [1.54, 1.807) is 0 Å². The second kappa shape index (κ2) is 15.2. The second-order valence-electron chi connectivity index (χ2n) is 10.7. The third-order valence-electron chi connectivity index (χ3n) is 7.32. The quantitative estimate of drug-likeness (QED) is 0.228. The first kappa shape index (κ1) is 31.9. The van der Waals surface area contributed by atoms with Gasteiger partial charge in [0.2, 0.25) is 0 Å². The van der Waals surface area contributed by atoms with Crippen LogP contribution in [0.4, 0.5) is 0 Å². The number of aryl methyl sites for hydroxylation is 11. The van der Waals surface area contributed by atoms with E-state index in [4.69, 9.17) is 0 Å². The normalized spacial score (nSPS) is 9.76. The summed E-state index contributed by atoms with van der Waals surface area (Å²) in [7, 11) is 0. The Kier molecular flexibility index (Phi) is 13.1. The summed E-state index contributed by atoms with van der Waals surface area (Å²) >= 11 is 0. The molecule has 0 bridgehead atoms. The van der Waals surface area contributed by atoms with Gasteiger partial charge in [0, 0.05) is 0 Å². The lowest BCUT2D eigenvalue weighted by molar-refractivity contribution is 1.22. The van der Waals surface area contributed by atoms with E-state index >= 15 is 0 Å². The molecule has 0 aromatic heterocycles. The highest BCUT2D eigenvalue weighted by Crippen LogP contribution is 2.15. The lowest BCUT2D eigenvalue weighted by Crippen LogP contribution is -1.88. The van der Waals surface area contributed by atoms with E-state index in [9.17, 15) is 0 Å². The maximum atomic E-state index is 2.24. The predicted octanol–water partition coefficient (Wildman–Crippen LogP) is 10.8. The van der Waals surface area contributed by atoms with Gasteiger partial charge in [0.1, 0.15) is 0 Å². The first-order valence-electron chi connectivity index (χ1n) is 13.4. The zero-order valence-corrected chi connectivity index (χ0v) is 25.9. The van der Waals surface area contributed by atoms with Gasteiger partial charge < -0.3 is 0 Å². The highest BCUT2D eigenvalue weighted by atomic mass is 14.0. The maximum absolute atomic E-state index is 2.24. The van der Waals surface area contributed by atoms with E-state index < -0.39 is 0 Å². The summed E-state index contributed by atoms with van der Waals surface area (Å²) in [5.41, 5.74) is 18.0. The van der Waals surface area contributed by atoms with E-state index in [-0.39, 0.29) is 0 Å². The van der Waals surface area contributed by atoms with Gasteiger partial charge in [-0.05, 0) is 146 Å². The Labute approximate surface area is 228 Å². The standard InChI is InChI=1S/2C10H14.C9H12.C8H10/c1-7-5-9(3)10(4)6-8(7)2;1-7-5-6-8(2)10(4)9(7)3;1-7-4-5-8(2)9(3)6-7;1-7-3-5-8(2)6-4-7/h2*5-6H,1-4H3;4-6H,1-3H3;3-6H,1-2H3. The number of hydrogen-bond acceptors (Lipinski definition) is 0. The minimum atomic E-state index is 1.33. The Bertz CT molecular complexity index is 1170. The van der Waals surface area contributed by atoms with Crippen molar-refractivity contribution in [2.24, 2.45) is 0 Å². The van der Waals surface area contributed by atoms with Crippen LogP contribution in [0.3, 0.4) is 0 Å². The minimum Gasteiger partial charge on any atom is -0.0591 e. The van der Waals surface area contributed by atoms with Crippen molar-refractivity contribution >= 4 is 0 Å². The third-order valence-corrected chi connectivity index (χ3v) is 7.32. The Balaban J connectivity index is 0.000000248. The van der Waals surface area contributed by atoms with Crippen molar-refractivity contribution in [2.45, 2.75) is 90.0 Å². The summed E-state index contributed by atoms with van der Waals surface area (Å²) in [4.78, 5) is 0. The van der Waals surface area contributed by atoms with Crippen LogP contribution in [-0.2, 0) is 0 Å². The van der Waals surface area contributed by atoms with Gasteiger partial charge in [-0.2, -0.15) is 0 Å². The molecule has 0 aliphatic heterocycles. The van der Waals surface area contributed by atoms with Gasteiger partial charge in [-0.3, -0.25) is 0 Å². The van der Waals surface area contributed by atoms with Crippen LogP contribution in [0.15, 0.2) is 66.7 Å². The fraction of sp³-hybridized carbons (Fsp3) is 0.351. The van der Waals surface area contributed by atoms with Crippen molar-refractivity contribution in [1.82, 2.24) is 0 Å². The second-order valence-corrected chi connectivity index (χ2v) is 10.7. The molecule has 0 atom stereocenters. The molecule has 198 valence electrons. The van der Waals surface area contributed by atoms with Crippen LogP contribution in [0.2, 0.25) is 0 Å². The summed E-state index contributed by atoms with van der Waals surface area (Å²) in [6.45, 7) is 27.9. The summed E-state index contributed by atoms with van der Waals surface area (Å²) in [5, 5.41) is 0. The van der Waals surface area contributed by atoms with Crippen molar-refractivity contribution in [3.63, 3.8) is 0 Å². The van der Waals surface area contributed by atoms with Gasteiger partial charge in [0.15, 0.2) is 0 Å². The topological polar surface area (TPSA) is 0 Å². The molecular weight excluding hydrogens is 444 g/mol. The maximum Gasteiger partial charge on any atom is -0.0392 e. The van der Waals surface area contributed by atoms with Gasteiger partial charge >= 0.3 is 0 Å². The molecule has 0 nitrogen and oxygen atoms in total. The molecule has 4 aromatic carbocycles. The van der Waals surface area contributed by atoms with Crippen molar-refractivity contribution < 1.29 is 0 Å². The first-order valence-corrected chi connectivity index (χ1v) is 13.4. The van der Waals surface area contributed by atoms with Crippen LogP contribution in [0.1, 0.15) is 72.3 Å². The molecule has 0 spiro atoms. The zero-order chi connectivity index (χ0) is 28.3. The monoisotopic (exact) mass is 494 g/mol. The molecule has 0 aliphatic carbocycles. The molecule has 0 fully saturated rings. The van der Waals surface area contributed by atoms with Crippen molar-refractivity contribution in [3.05, 3.63) is 139 Å². The molecule has 0 aliphatic rings. The lowest BCUT2D eigenvalue weighted by atomic mass is 10.0. The van der Waals surface area contributed by atoms with Crippen LogP contribution in [-0.4, -0.2) is 0 Å². The van der Waals surface area contributed by atoms with Crippen molar-refractivity contribution in [1.29, 1.82) is 0 Å². The number of hydrogen-bond donors (Lipinski definition) is 0. The van der Waals surface area contributed by atoms with Crippen LogP contribution in [0.25, 0.3) is 0 Å². The van der Waals surface area contributed by atoms with Crippen molar-refractivity contribution in [3.8, 4) is 0 Å². The molecule has 0 heterocycles. The van der Waals surface area contributed by atoms with Crippen molar-refractivity contribution in [2.75, 3.05) is 0 Å². The SMILES string of the molecule is Cc1cc(C)c(C)cc1C.Cc1ccc(C)c(C)c1.Cc1ccc(C)c(C)c1C.Cc1ccc(C)cc1. The van der Waals surface area contributed by atoms with Gasteiger partial charge in [-0.15, -0.1) is 0 Å². The van der Waals surface area contributed by atoms with E-state index in [0.717, 1.165) is 0 Å². The van der Waals surface area contributed by atoms with E-state index in [2.05, 4.69) is 157 Å². The van der Waals surface area contributed by atoms with Crippen LogP contribution < -0.4 is 0 Å². The van der Waals surface area contributed by atoms with Crippen LogP contribution >= 0.6 is 0 Å². The molecular formula is C37H50. The minimum absolute atomic E-state index is 1.33. The Morgan fingerprint density at radius 2 is 0.514 bits per heavy atom. The third kappa shape index (κ3) is 11.2. The highest BCUT2D eigenvalue weighted by molar-refractivity contribution is 5.38. The fourth-order valence-electron chi connectivity index (χ4n) is 3.72. The molecule has 37 heavy (non-hydrogen) atoms. The average molecular weight is 495 g/mol. The summed E-state index contributed by atoms with van der Waals surface area (Å²) in [6.07, 6.45) is 0. The zero-order valence-electron chi connectivity index (χ0n) is 25.9. The molecule has 0 heteroatoms. The lowest BCUT2D eigenvalue weighted by Gasteiger charge is -2.06. The average Bonchev–Trinajstić information content (AvgIpc) is 2.85. The molecule has 0 saturated carbocycles. The van der Waals surface area contributed by atoms with E-state index in [1.807, 2.05) is 0 Å². The molecule has 0 N–H and O–H groups in total. The summed E-state index contributed by atoms with van der Waals surface area (Å²) in [5.74, 6) is 0. The Morgan fingerprint density at radius 3 is 0.811 bits per heavy atom. The Hall–Kier alpha value is -3.12. The molecule has 0 amide bonds. The molecule has 0 radical (unpaired) electrons. The van der Waals surface area contributed by atoms with Gasteiger partial charge in [-0.25, -0.2) is 0 Å². The van der Waals surface area contributed by atoms with Crippen LogP contribution in [0.5, 0.6) is 0 Å². The predicted molar refractivity (Wildman–Crippen MR) is 167 cm³/mol. The fourth-order valence-corrected chi connectivity index (χ4v) is 3.72. The van der Waals surface area contributed by atoms with Crippen LogP contribution in [0, 0.1) is 90.0 Å². The number of benzene rings is 4.